The summed E-state index contributed by atoms with van der Waals surface area (Å²) in [7, 11) is 0. The number of nitrogens with one attached hydrogen (secondary N) is 1. The second-order valence-corrected chi connectivity index (χ2v) is 5.03. The third kappa shape index (κ3) is 4.58. The lowest BCUT2D eigenvalue weighted by Crippen LogP contribution is -2.65. The van der Waals surface area contributed by atoms with E-state index in [1.807, 2.05) is 0 Å². The monoisotopic (exact) mass is 309 g/mol. The third-order valence-corrected chi connectivity index (χ3v) is 3.28. The van der Waals surface area contributed by atoms with Gasteiger partial charge in [-0.2, -0.15) is 0 Å². The number of aliphatic hydroxyl groups excluding tert-OH is 5. The summed E-state index contributed by atoms with van der Waals surface area (Å²) in [5, 5.41) is 49.9. The maximum atomic E-state index is 11.2. The van der Waals surface area contributed by atoms with Crippen LogP contribution in [0.1, 0.15) is 13.8 Å². The molecule has 1 aliphatic rings. The van der Waals surface area contributed by atoms with Gasteiger partial charge in [0.25, 0.3) is 0 Å². The Morgan fingerprint density at radius 3 is 2.38 bits per heavy atom. The Morgan fingerprint density at radius 2 is 1.95 bits per heavy atom. The molecule has 0 aromatic rings. The highest BCUT2D eigenvalue weighted by Gasteiger charge is 2.46. The molecule has 0 aliphatic carbocycles. The van der Waals surface area contributed by atoms with Crippen LogP contribution in [0.4, 0.5) is 0 Å². The van der Waals surface area contributed by atoms with E-state index in [4.69, 9.17) is 19.7 Å². The van der Waals surface area contributed by atoms with Gasteiger partial charge in [0.15, 0.2) is 6.29 Å². The maximum absolute atomic E-state index is 11.2. The molecular formula is C12H23NO8. The lowest BCUT2D eigenvalue weighted by Gasteiger charge is -2.43. The van der Waals surface area contributed by atoms with Crippen molar-refractivity contribution in [2.75, 3.05) is 13.2 Å². The first-order chi connectivity index (χ1) is 9.81. The zero-order valence-electron chi connectivity index (χ0n) is 11.9. The fraction of sp³-hybridized carbons (Fsp3) is 0.917. The summed E-state index contributed by atoms with van der Waals surface area (Å²) < 4.78 is 10.6. The van der Waals surface area contributed by atoms with Crippen LogP contribution in [-0.2, 0) is 14.3 Å². The van der Waals surface area contributed by atoms with E-state index in [-0.39, 0.29) is 0 Å². The smallest absolute Gasteiger partial charge is 0.217 e. The van der Waals surface area contributed by atoms with Crippen LogP contribution in [0.3, 0.4) is 0 Å². The van der Waals surface area contributed by atoms with Gasteiger partial charge >= 0.3 is 0 Å². The van der Waals surface area contributed by atoms with E-state index in [1.165, 1.54) is 13.8 Å². The zero-order chi connectivity index (χ0) is 16.2. The molecule has 9 heteroatoms. The normalized spacial score (nSPS) is 36.0. The third-order valence-electron chi connectivity index (χ3n) is 3.28. The van der Waals surface area contributed by atoms with Crippen LogP contribution in [0.15, 0.2) is 0 Å². The number of hydrogen-bond acceptors (Lipinski definition) is 8. The van der Waals surface area contributed by atoms with E-state index in [9.17, 15) is 20.1 Å². The molecule has 0 radical (unpaired) electrons. The van der Waals surface area contributed by atoms with Crippen molar-refractivity contribution in [3.63, 3.8) is 0 Å². The molecule has 9 nitrogen and oxygen atoms in total. The van der Waals surface area contributed by atoms with Crippen LogP contribution in [0.5, 0.6) is 0 Å². The molecule has 1 heterocycles. The molecule has 7 atom stereocenters. The van der Waals surface area contributed by atoms with E-state index in [0.29, 0.717) is 0 Å². The van der Waals surface area contributed by atoms with E-state index in [0.717, 1.165) is 0 Å². The van der Waals surface area contributed by atoms with Crippen LogP contribution in [0, 0.1) is 0 Å². The van der Waals surface area contributed by atoms with Crippen molar-refractivity contribution in [2.24, 2.45) is 0 Å². The highest BCUT2D eigenvalue weighted by atomic mass is 16.7. The maximum Gasteiger partial charge on any atom is 0.217 e. The molecule has 1 saturated heterocycles. The van der Waals surface area contributed by atoms with Crippen molar-refractivity contribution in [1.82, 2.24) is 5.32 Å². The minimum atomic E-state index is -1.43. The van der Waals surface area contributed by atoms with Crippen LogP contribution in [-0.4, -0.2) is 87.5 Å². The highest BCUT2D eigenvalue weighted by Crippen LogP contribution is 2.23. The van der Waals surface area contributed by atoms with Crippen molar-refractivity contribution in [1.29, 1.82) is 0 Å². The molecule has 6 N–H and O–H groups in total. The second-order valence-electron chi connectivity index (χ2n) is 5.03. The number of amides is 1. The Balaban J connectivity index is 2.89. The Bertz CT molecular complexity index is 339. The molecule has 0 unspecified atom stereocenters. The molecule has 0 bridgehead atoms. The average Bonchev–Trinajstić information content (AvgIpc) is 2.42. The molecule has 0 aromatic heterocycles. The summed E-state index contributed by atoms with van der Waals surface area (Å²) in [5.74, 6) is -0.483. The van der Waals surface area contributed by atoms with Gasteiger partial charge in [0.2, 0.25) is 5.91 Å². The molecule has 124 valence electrons. The highest BCUT2D eigenvalue weighted by molar-refractivity contribution is 5.73. The molecule has 21 heavy (non-hydrogen) atoms. The van der Waals surface area contributed by atoms with E-state index < -0.39 is 62.0 Å². The molecule has 1 amide bonds. The number of hydrogen-bond donors (Lipinski definition) is 6. The van der Waals surface area contributed by atoms with Gasteiger partial charge in [-0.15, -0.1) is 0 Å². The molecular weight excluding hydrogens is 286 g/mol. The van der Waals surface area contributed by atoms with E-state index in [2.05, 4.69) is 5.32 Å². The number of carbonyl (C=O) groups is 1. The van der Waals surface area contributed by atoms with Crippen molar-refractivity contribution in [2.45, 2.75) is 56.7 Å². The van der Waals surface area contributed by atoms with Gasteiger partial charge < -0.3 is 40.3 Å². The molecule has 1 fully saturated rings. The topological polar surface area (TPSA) is 149 Å². The lowest BCUT2D eigenvalue weighted by atomic mass is 9.97. The summed E-state index contributed by atoms with van der Waals surface area (Å²) in [5.41, 5.74) is 0. The summed E-state index contributed by atoms with van der Waals surface area (Å²) in [6.45, 7) is 1.54. The van der Waals surface area contributed by atoms with Gasteiger partial charge in [-0.05, 0) is 6.92 Å². The van der Waals surface area contributed by atoms with Gasteiger partial charge in [0.05, 0.1) is 19.3 Å². The van der Waals surface area contributed by atoms with Gasteiger partial charge in [-0.1, -0.05) is 0 Å². The van der Waals surface area contributed by atoms with Crippen LogP contribution >= 0.6 is 0 Å². The van der Waals surface area contributed by atoms with Gasteiger partial charge in [-0.3, -0.25) is 4.79 Å². The minimum absolute atomic E-state index is 0.483. The Labute approximate surface area is 122 Å². The number of rotatable bonds is 6. The van der Waals surface area contributed by atoms with Gasteiger partial charge in [0, 0.05) is 6.92 Å². The molecule has 0 saturated carbocycles. The summed E-state index contributed by atoms with van der Waals surface area (Å²) in [6, 6.07) is -1.10. The standard InChI is InChI=1S/C12H23NO8/c1-5(16)7(3-14)20-12-9(13-6(2)17)11(19)10(18)8(4-15)21-12/h5,7-12,14-16,18-19H,3-4H2,1-2H3,(H,13,17)/t5-,7-,8+,9-,10+,11+,12+/m0/s1. The van der Waals surface area contributed by atoms with Crippen LogP contribution in [0.2, 0.25) is 0 Å². The van der Waals surface area contributed by atoms with E-state index in [1.54, 1.807) is 0 Å². The Morgan fingerprint density at radius 1 is 1.33 bits per heavy atom. The first-order valence-electron chi connectivity index (χ1n) is 6.65. The molecule has 1 rings (SSSR count). The number of ether oxygens (including phenoxy) is 2. The SMILES string of the molecule is CC(=O)N[C@@H]1[C@H](O[C@@H](CO)[C@H](C)O)O[C@H](CO)[C@@H](O)[C@@H]1O. The van der Waals surface area contributed by atoms with Crippen molar-refractivity contribution < 1.29 is 39.8 Å². The van der Waals surface area contributed by atoms with Gasteiger partial charge in [0.1, 0.15) is 30.5 Å². The predicted octanol–water partition coefficient (Wildman–Crippen LogP) is -3.31. The predicted molar refractivity (Wildman–Crippen MR) is 69.0 cm³/mol. The lowest BCUT2D eigenvalue weighted by molar-refractivity contribution is -0.290. The first-order valence-corrected chi connectivity index (χ1v) is 6.65. The fourth-order valence-electron chi connectivity index (χ4n) is 2.07. The van der Waals surface area contributed by atoms with Crippen LogP contribution in [0.25, 0.3) is 0 Å². The number of aliphatic hydroxyl groups is 5. The number of carbonyl (C=O) groups excluding carboxylic acids is 1. The van der Waals surface area contributed by atoms with Crippen molar-refractivity contribution in [3.05, 3.63) is 0 Å². The molecule has 0 aromatic carbocycles. The largest absolute Gasteiger partial charge is 0.394 e. The summed E-state index contributed by atoms with van der Waals surface area (Å²) in [4.78, 5) is 11.2. The second kappa shape index (κ2) is 7.99. The first kappa shape index (κ1) is 18.2. The molecule has 1 aliphatic heterocycles. The molecule has 0 spiro atoms. The summed E-state index contributed by atoms with van der Waals surface area (Å²) >= 11 is 0. The zero-order valence-corrected chi connectivity index (χ0v) is 11.9. The fourth-order valence-corrected chi connectivity index (χ4v) is 2.07. The van der Waals surface area contributed by atoms with Crippen LogP contribution < -0.4 is 5.32 Å². The summed E-state index contributed by atoms with van der Waals surface area (Å²) in [6.07, 6.45) is -7.22. The van der Waals surface area contributed by atoms with Gasteiger partial charge in [-0.25, -0.2) is 0 Å². The Hall–Kier alpha value is -0.810. The quantitative estimate of drug-likeness (QED) is 0.299. The average molecular weight is 309 g/mol. The Kier molecular flexibility index (Phi) is 6.94. The minimum Gasteiger partial charge on any atom is -0.394 e. The van der Waals surface area contributed by atoms with Crippen molar-refractivity contribution in [3.8, 4) is 0 Å². The van der Waals surface area contributed by atoms with Crippen molar-refractivity contribution >= 4 is 5.91 Å². The van der Waals surface area contributed by atoms with E-state index >= 15 is 0 Å².